The summed E-state index contributed by atoms with van der Waals surface area (Å²) in [6.45, 7) is 10.7. The zero-order valence-electron chi connectivity index (χ0n) is 23.9. The number of nitrogens with one attached hydrogen (secondary N) is 1. The molecule has 2 aromatic heterocycles. The third kappa shape index (κ3) is 5.98. The van der Waals surface area contributed by atoms with Crippen molar-refractivity contribution in [3.63, 3.8) is 0 Å². The zero-order chi connectivity index (χ0) is 29.2. The van der Waals surface area contributed by atoms with E-state index in [1.54, 1.807) is 41.4 Å². The van der Waals surface area contributed by atoms with Crippen LogP contribution in [0.2, 0.25) is 18.1 Å². The molecule has 1 aliphatic rings. The molecule has 214 valence electrons. The van der Waals surface area contributed by atoms with Gasteiger partial charge in [0.25, 0.3) is 5.91 Å². The number of carbonyl (C=O) groups excluding carboxylic acids is 1. The molecule has 41 heavy (non-hydrogen) atoms. The van der Waals surface area contributed by atoms with E-state index in [4.69, 9.17) is 14.2 Å². The Morgan fingerprint density at radius 3 is 2.44 bits per heavy atom. The van der Waals surface area contributed by atoms with Gasteiger partial charge in [-0.1, -0.05) is 69.3 Å². The Labute approximate surface area is 240 Å². The van der Waals surface area contributed by atoms with Crippen molar-refractivity contribution in [3.05, 3.63) is 84.4 Å². The molecule has 4 atom stereocenters. The molecule has 2 N–H and O–H groups in total. The number of aliphatic hydroxyl groups is 1. The Balaban J connectivity index is 1.52. The Morgan fingerprint density at radius 1 is 1.10 bits per heavy atom. The summed E-state index contributed by atoms with van der Waals surface area (Å²) in [4.78, 5) is 31.1. The lowest BCUT2D eigenvalue weighted by molar-refractivity contribution is -0.0462. The van der Waals surface area contributed by atoms with Crippen molar-refractivity contribution in [2.45, 2.75) is 63.4 Å². The summed E-state index contributed by atoms with van der Waals surface area (Å²) in [6, 6.07) is 18.2. The number of benzene rings is 2. The number of ether oxygens (including phenoxy) is 1. The van der Waals surface area contributed by atoms with E-state index in [-0.39, 0.29) is 17.6 Å². The quantitative estimate of drug-likeness (QED) is 0.229. The number of imidazole rings is 1. The lowest BCUT2D eigenvalue weighted by Crippen LogP contribution is -2.48. The number of aliphatic hydroxyl groups excluding tert-OH is 1. The Bertz CT molecular complexity index is 1520. The lowest BCUT2D eigenvalue weighted by atomic mass is 10.1. The number of carbonyl (C=O) groups is 1. The molecule has 1 aliphatic heterocycles. The Hall–Kier alpha value is -3.77. The van der Waals surface area contributed by atoms with Gasteiger partial charge in [-0.3, -0.25) is 14.4 Å². The van der Waals surface area contributed by atoms with E-state index in [0.717, 1.165) is 5.56 Å². The Kier molecular flexibility index (Phi) is 8.14. The van der Waals surface area contributed by atoms with Gasteiger partial charge in [-0.2, -0.15) is 0 Å². The van der Waals surface area contributed by atoms with Crippen LogP contribution in [0.3, 0.4) is 0 Å². The van der Waals surface area contributed by atoms with E-state index in [1.165, 1.54) is 6.33 Å². The molecule has 3 heterocycles. The minimum absolute atomic E-state index is 0.0728. The molecule has 0 radical (unpaired) electrons. The fourth-order valence-electron chi connectivity index (χ4n) is 4.53. The van der Waals surface area contributed by atoms with Crippen molar-refractivity contribution in [3.8, 4) is 0 Å². The second-order valence-corrected chi connectivity index (χ2v) is 16.4. The summed E-state index contributed by atoms with van der Waals surface area (Å²) in [5.41, 5.74) is 2.34. The van der Waals surface area contributed by atoms with Crippen LogP contribution in [0.4, 0.5) is 5.82 Å². The number of anilines is 1. The third-order valence-corrected chi connectivity index (χ3v) is 12.3. The summed E-state index contributed by atoms with van der Waals surface area (Å²) < 4.78 is 15.2. The second kappa shape index (κ2) is 11.6. The molecule has 0 saturated carbocycles. The van der Waals surface area contributed by atoms with E-state index in [0.29, 0.717) is 22.5 Å². The molecular weight excluding hydrogens is 536 g/mol. The molecule has 1 saturated heterocycles. The molecule has 1 fully saturated rings. The van der Waals surface area contributed by atoms with Crippen LogP contribution >= 0.6 is 0 Å². The van der Waals surface area contributed by atoms with Gasteiger partial charge in [-0.15, -0.1) is 0 Å². The van der Waals surface area contributed by atoms with Gasteiger partial charge in [0.1, 0.15) is 24.6 Å². The van der Waals surface area contributed by atoms with Crippen LogP contribution in [0.15, 0.2) is 78.3 Å². The monoisotopic (exact) mass is 572 g/mol. The number of hydrogen-bond acceptors (Lipinski definition) is 8. The molecule has 0 bridgehead atoms. The van der Waals surface area contributed by atoms with Gasteiger partial charge in [0.15, 0.2) is 31.5 Å². The van der Waals surface area contributed by atoms with Crippen molar-refractivity contribution < 1.29 is 19.1 Å². The predicted molar refractivity (Wildman–Crippen MR) is 161 cm³/mol. The maximum absolute atomic E-state index is 12.8. The first-order valence-corrected chi connectivity index (χ1v) is 16.6. The largest absolute Gasteiger partial charge is 0.407 e. The SMILES string of the molecule is CC(C)(C)[Si](C)(C)O[C@@H]1[C@H](N=Cc2ccccc2)[C@@H](CO)O[C@H]1n1cnc2c(NC(=O)c3ccccc3)ncnc21. The minimum Gasteiger partial charge on any atom is -0.407 e. The molecule has 4 aromatic rings. The van der Waals surface area contributed by atoms with Gasteiger partial charge in [-0.05, 0) is 35.8 Å². The van der Waals surface area contributed by atoms with Crippen LogP contribution in [0, 0.1) is 0 Å². The maximum atomic E-state index is 12.8. The van der Waals surface area contributed by atoms with Crippen LogP contribution in [0.25, 0.3) is 11.2 Å². The summed E-state index contributed by atoms with van der Waals surface area (Å²) in [7, 11) is -2.31. The van der Waals surface area contributed by atoms with Crippen LogP contribution < -0.4 is 5.32 Å². The van der Waals surface area contributed by atoms with Gasteiger partial charge in [0.05, 0.1) is 12.9 Å². The fourth-order valence-corrected chi connectivity index (χ4v) is 5.82. The maximum Gasteiger partial charge on any atom is 0.256 e. The van der Waals surface area contributed by atoms with Crippen LogP contribution in [-0.4, -0.2) is 69.9 Å². The lowest BCUT2D eigenvalue weighted by Gasteiger charge is -2.40. The summed E-state index contributed by atoms with van der Waals surface area (Å²) in [5.74, 6) is -0.00752. The van der Waals surface area contributed by atoms with Gasteiger partial charge in [-0.25, -0.2) is 15.0 Å². The smallest absolute Gasteiger partial charge is 0.256 e. The number of amides is 1. The van der Waals surface area contributed by atoms with Gasteiger partial charge < -0.3 is 19.6 Å². The average molecular weight is 573 g/mol. The summed E-state index contributed by atoms with van der Waals surface area (Å²) >= 11 is 0. The fraction of sp³-hybridized carbons (Fsp3) is 0.367. The van der Waals surface area contributed by atoms with Crippen molar-refractivity contribution >= 4 is 37.4 Å². The molecule has 0 unspecified atom stereocenters. The first kappa shape index (κ1) is 28.7. The van der Waals surface area contributed by atoms with Crippen molar-refractivity contribution in [2.24, 2.45) is 4.99 Å². The number of nitrogens with zero attached hydrogens (tertiary/aromatic N) is 5. The first-order valence-electron chi connectivity index (χ1n) is 13.7. The molecule has 10 nitrogen and oxygen atoms in total. The number of aliphatic imine (C=N–C) groups is 1. The van der Waals surface area contributed by atoms with E-state index >= 15 is 0 Å². The van der Waals surface area contributed by atoms with Crippen LogP contribution in [0.1, 0.15) is 42.9 Å². The third-order valence-electron chi connectivity index (χ3n) is 7.83. The van der Waals surface area contributed by atoms with Crippen molar-refractivity contribution in [1.82, 2.24) is 19.5 Å². The summed E-state index contributed by atoms with van der Waals surface area (Å²) in [6.07, 6.45) is 2.99. The Morgan fingerprint density at radius 2 is 1.78 bits per heavy atom. The van der Waals surface area contributed by atoms with Crippen molar-refractivity contribution in [1.29, 1.82) is 0 Å². The number of rotatable bonds is 8. The first-order chi connectivity index (χ1) is 19.6. The van der Waals surface area contributed by atoms with E-state index in [9.17, 15) is 9.90 Å². The molecule has 5 rings (SSSR count). The van der Waals surface area contributed by atoms with E-state index < -0.39 is 32.8 Å². The van der Waals surface area contributed by atoms with Gasteiger partial charge in [0.2, 0.25) is 0 Å². The average Bonchev–Trinajstić information content (AvgIpc) is 3.53. The van der Waals surface area contributed by atoms with Gasteiger partial charge in [0, 0.05) is 11.8 Å². The van der Waals surface area contributed by atoms with Crippen LogP contribution in [0.5, 0.6) is 0 Å². The molecule has 11 heteroatoms. The number of aromatic nitrogens is 4. The topological polar surface area (TPSA) is 124 Å². The van der Waals surface area contributed by atoms with E-state index in [1.807, 2.05) is 36.4 Å². The predicted octanol–water partition coefficient (Wildman–Crippen LogP) is 4.85. The molecule has 0 spiro atoms. The highest BCUT2D eigenvalue weighted by atomic mass is 28.4. The summed E-state index contributed by atoms with van der Waals surface area (Å²) in [5, 5.41) is 13.1. The standard InChI is InChI=1S/C30H36N6O4Si/c1-30(2,3)41(4,5)40-25-23(31-16-20-12-8-6-9-13-20)22(17-37)39-29(25)36-19-34-24-26(32-18-33-27(24)36)35-28(38)21-14-10-7-11-15-21/h6-16,18-19,22-23,25,29,37H,17H2,1-5H3,(H,32,33,35,38)/t22-,23-,25-,29-/m1/s1. The minimum atomic E-state index is -2.31. The van der Waals surface area contributed by atoms with E-state index in [2.05, 4.69) is 54.1 Å². The normalized spacial score (nSPS) is 21.5. The van der Waals surface area contributed by atoms with Crippen molar-refractivity contribution in [2.75, 3.05) is 11.9 Å². The van der Waals surface area contributed by atoms with Gasteiger partial charge >= 0.3 is 0 Å². The highest BCUT2D eigenvalue weighted by Crippen LogP contribution is 2.43. The second-order valence-electron chi connectivity index (χ2n) is 11.6. The molecule has 1 amide bonds. The highest BCUT2D eigenvalue weighted by molar-refractivity contribution is 6.74. The molecule has 0 aliphatic carbocycles. The number of fused-ring (bicyclic) bond motifs is 1. The van der Waals surface area contributed by atoms with Crippen LogP contribution in [-0.2, 0) is 9.16 Å². The highest BCUT2D eigenvalue weighted by Gasteiger charge is 2.51. The zero-order valence-corrected chi connectivity index (χ0v) is 24.9. The molecular formula is C30H36N6O4Si. The number of hydrogen-bond donors (Lipinski definition) is 2. The molecule has 2 aromatic carbocycles.